The van der Waals surface area contributed by atoms with Crippen molar-refractivity contribution in [1.82, 2.24) is 5.43 Å². The van der Waals surface area contributed by atoms with Crippen molar-refractivity contribution in [1.29, 1.82) is 0 Å². The van der Waals surface area contributed by atoms with Gasteiger partial charge in [0.05, 0.1) is 26.8 Å². The first-order valence-electron chi connectivity index (χ1n) is 5.75. The Bertz CT molecular complexity index is 694. The number of rotatable bonds is 3. The van der Waals surface area contributed by atoms with Gasteiger partial charge in [-0.1, -0.05) is 46.9 Å². The molecular formula is C14H9Cl3N2O2. The average molecular weight is 344 g/mol. The fraction of sp³-hybridized carbons (Fsp3) is 0. The van der Waals surface area contributed by atoms with Gasteiger partial charge in [0, 0.05) is 0 Å². The van der Waals surface area contributed by atoms with E-state index in [9.17, 15) is 9.90 Å². The molecule has 4 nitrogen and oxygen atoms in total. The van der Waals surface area contributed by atoms with Crippen LogP contribution in [0.1, 0.15) is 15.9 Å². The van der Waals surface area contributed by atoms with Crippen LogP contribution in [0.4, 0.5) is 0 Å². The summed E-state index contributed by atoms with van der Waals surface area (Å²) in [6.07, 6.45) is 1.35. The average Bonchev–Trinajstić information content (AvgIpc) is 2.45. The van der Waals surface area contributed by atoms with Gasteiger partial charge < -0.3 is 5.11 Å². The molecule has 108 valence electrons. The Morgan fingerprint density at radius 2 is 1.71 bits per heavy atom. The summed E-state index contributed by atoms with van der Waals surface area (Å²) in [5.41, 5.74) is 3.19. The van der Waals surface area contributed by atoms with Crippen LogP contribution in [0.25, 0.3) is 0 Å². The number of hydrazone groups is 1. The van der Waals surface area contributed by atoms with Crippen LogP contribution < -0.4 is 5.43 Å². The molecule has 2 N–H and O–H groups in total. The van der Waals surface area contributed by atoms with Crippen LogP contribution in [-0.2, 0) is 0 Å². The van der Waals surface area contributed by atoms with Gasteiger partial charge in [0.15, 0.2) is 5.75 Å². The van der Waals surface area contributed by atoms with Crippen molar-refractivity contribution in [2.24, 2.45) is 5.10 Å². The smallest absolute Gasteiger partial charge is 0.272 e. The number of carbonyl (C=O) groups is 1. The first-order valence-corrected chi connectivity index (χ1v) is 6.88. The van der Waals surface area contributed by atoms with Gasteiger partial charge in [0.1, 0.15) is 0 Å². The van der Waals surface area contributed by atoms with Gasteiger partial charge in [-0.15, -0.1) is 0 Å². The molecule has 0 aromatic heterocycles. The predicted octanol–water partition coefficient (Wildman–Crippen LogP) is 4.12. The number of halogens is 3. The van der Waals surface area contributed by atoms with E-state index in [2.05, 4.69) is 10.5 Å². The number of hydrogen-bond donors (Lipinski definition) is 2. The Hall–Kier alpha value is -1.75. The Morgan fingerprint density at radius 1 is 1.10 bits per heavy atom. The molecule has 1 amide bonds. The zero-order chi connectivity index (χ0) is 15.4. The fourth-order valence-corrected chi connectivity index (χ4v) is 2.26. The SMILES string of the molecule is O=C(N/N=C\c1cc(Cl)c(O)c(Cl)c1)c1ccccc1Cl. The van der Waals surface area contributed by atoms with Gasteiger partial charge in [0.25, 0.3) is 5.91 Å². The molecule has 0 unspecified atom stereocenters. The van der Waals surface area contributed by atoms with Crippen molar-refractivity contribution in [3.63, 3.8) is 0 Å². The highest BCUT2D eigenvalue weighted by Crippen LogP contribution is 2.32. The monoisotopic (exact) mass is 342 g/mol. The third-order valence-electron chi connectivity index (χ3n) is 2.54. The third kappa shape index (κ3) is 3.88. The second-order valence-corrected chi connectivity index (χ2v) is 5.23. The number of nitrogens with one attached hydrogen (secondary N) is 1. The predicted molar refractivity (Wildman–Crippen MR) is 84.6 cm³/mol. The van der Waals surface area contributed by atoms with Gasteiger partial charge in [-0.05, 0) is 29.8 Å². The number of phenols is 1. The third-order valence-corrected chi connectivity index (χ3v) is 3.44. The number of phenolic OH excluding ortho intramolecular Hbond substituents is 1. The largest absolute Gasteiger partial charge is 0.505 e. The first kappa shape index (κ1) is 15.6. The molecule has 0 saturated heterocycles. The number of hydrogen-bond acceptors (Lipinski definition) is 3. The quantitative estimate of drug-likeness (QED) is 0.650. The molecule has 0 aliphatic rings. The van der Waals surface area contributed by atoms with E-state index in [4.69, 9.17) is 34.8 Å². The lowest BCUT2D eigenvalue weighted by Gasteiger charge is -2.03. The van der Waals surface area contributed by atoms with Crippen LogP contribution >= 0.6 is 34.8 Å². The maximum absolute atomic E-state index is 11.8. The van der Waals surface area contributed by atoms with Crippen LogP contribution in [0.15, 0.2) is 41.5 Å². The normalized spacial score (nSPS) is 10.8. The summed E-state index contributed by atoms with van der Waals surface area (Å²) in [5, 5.41) is 13.8. The van der Waals surface area contributed by atoms with Crippen LogP contribution in [0, 0.1) is 0 Å². The Balaban J connectivity index is 2.10. The molecule has 0 aliphatic carbocycles. The number of amides is 1. The van der Waals surface area contributed by atoms with Gasteiger partial charge in [-0.2, -0.15) is 5.10 Å². The lowest BCUT2D eigenvalue weighted by molar-refractivity contribution is 0.0955. The maximum Gasteiger partial charge on any atom is 0.272 e. The highest BCUT2D eigenvalue weighted by atomic mass is 35.5. The van der Waals surface area contributed by atoms with Crippen LogP contribution in [-0.4, -0.2) is 17.2 Å². The summed E-state index contributed by atoms with van der Waals surface area (Å²) < 4.78 is 0. The summed E-state index contributed by atoms with van der Waals surface area (Å²) in [5.74, 6) is -0.636. The zero-order valence-electron chi connectivity index (χ0n) is 10.5. The highest BCUT2D eigenvalue weighted by molar-refractivity contribution is 6.37. The number of benzene rings is 2. The second kappa shape index (κ2) is 6.80. The van der Waals surface area contributed by atoms with E-state index in [1.807, 2.05) is 0 Å². The lowest BCUT2D eigenvalue weighted by Crippen LogP contribution is -2.17. The van der Waals surface area contributed by atoms with Crippen molar-refractivity contribution in [2.75, 3.05) is 0 Å². The molecule has 2 aromatic rings. The summed E-state index contributed by atoms with van der Waals surface area (Å²) in [6.45, 7) is 0. The van der Waals surface area contributed by atoms with E-state index in [-0.39, 0.29) is 15.8 Å². The molecule has 0 spiro atoms. The van der Waals surface area contributed by atoms with Gasteiger partial charge >= 0.3 is 0 Å². The van der Waals surface area contributed by atoms with Gasteiger partial charge in [-0.3, -0.25) is 4.79 Å². The van der Waals surface area contributed by atoms with E-state index in [1.165, 1.54) is 18.3 Å². The fourth-order valence-electron chi connectivity index (χ4n) is 1.53. The Labute approximate surface area is 135 Å². The minimum atomic E-state index is -0.437. The molecule has 0 fully saturated rings. The zero-order valence-corrected chi connectivity index (χ0v) is 12.7. The molecular weight excluding hydrogens is 335 g/mol. The topological polar surface area (TPSA) is 61.7 Å². The highest BCUT2D eigenvalue weighted by Gasteiger charge is 2.08. The molecule has 2 aromatic carbocycles. The van der Waals surface area contributed by atoms with Crippen LogP contribution in [0.3, 0.4) is 0 Å². The minimum absolute atomic E-state index is 0.0985. The first-order chi connectivity index (χ1) is 9.99. The van der Waals surface area contributed by atoms with Crippen molar-refractivity contribution in [2.45, 2.75) is 0 Å². The van der Waals surface area contributed by atoms with E-state index >= 15 is 0 Å². The maximum atomic E-state index is 11.8. The Morgan fingerprint density at radius 3 is 2.33 bits per heavy atom. The summed E-state index contributed by atoms with van der Waals surface area (Å²) in [4.78, 5) is 11.8. The van der Waals surface area contributed by atoms with Crippen molar-refractivity contribution < 1.29 is 9.90 Å². The summed E-state index contributed by atoms with van der Waals surface area (Å²) >= 11 is 17.5. The molecule has 0 radical (unpaired) electrons. The van der Waals surface area contributed by atoms with Gasteiger partial charge in [0.2, 0.25) is 0 Å². The Kier molecular flexibility index (Phi) is 5.07. The lowest BCUT2D eigenvalue weighted by atomic mass is 10.2. The molecule has 0 saturated carbocycles. The van der Waals surface area contributed by atoms with Crippen molar-refractivity contribution in [3.8, 4) is 5.75 Å². The standard InChI is InChI=1S/C14H9Cl3N2O2/c15-10-4-2-1-3-9(10)14(21)19-18-7-8-5-11(16)13(20)12(17)6-8/h1-7,20H,(H,19,21)/b18-7-. The molecule has 0 heterocycles. The number of carbonyl (C=O) groups excluding carboxylic acids is 1. The van der Waals surface area contributed by atoms with Crippen LogP contribution in [0.2, 0.25) is 15.1 Å². The summed E-state index contributed by atoms with van der Waals surface area (Å²) in [6, 6.07) is 9.55. The van der Waals surface area contributed by atoms with Crippen molar-refractivity contribution in [3.05, 3.63) is 62.6 Å². The van der Waals surface area contributed by atoms with E-state index in [0.29, 0.717) is 16.1 Å². The summed E-state index contributed by atoms with van der Waals surface area (Å²) in [7, 11) is 0. The molecule has 2 rings (SSSR count). The minimum Gasteiger partial charge on any atom is -0.505 e. The van der Waals surface area contributed by atoms with E-state index in [0.717, 1.165) is 0 Å². The van der Waals surface area contributed by atoms with E-state index < -0.39 is 5.91 Å². The van der Waals surface area contributed by atoms with E-state index in [1.54, 1.807) is 24.3 Å². The molecule has 0 atom stereocenters. The molecule has 21 heavy (non-hydrogen) atoms. The van der Waals surface area contributed by atoms with Gasteiger partial charge in [-0.25, -0.2) is 5.43 Å². The molecule has 0 bridgehead atoms. The second-order valence-electron chi connectivity index (χ2n) is 4.01. The van der Waals surface area contributed by atoms with Crippen molar-refractivity contribution >= 4 is 46.9 Å². The molecule has 0 aliphatic heterocycles. The number of aromatic hydroxyl groups is 1. The number of nitrogens with zero attached hydrogens (tertiary/aromatic N) is 1. The molecule has 7 heteroatoms. The van der Waals surface area contributed by atoms with Crippen LogP contribution in [0.5, 0.6) is 5.75 Å².